The summed E-state index contributed by atoms with van der Waals surface area (Å²) in [6.45, 7) is 0. The third-order valence-corrected chi connectivity index (χ3v) is 9.57. The van der Waals surface area contributed by atoms with Crippen LogP contribution < -0.4 is 0 Å². The number of hydrogen-bond donors (Lipinski definition) is 0. The summed E-state index contributed by atoms with van der Waals surface area (Å²) in [6.07, 6.45) is 0. The van der Waals surface area contributed by atoms with E-state index in [0.717, 1.165) is 50.0 Å². The van der Waals surface area contributed by atoms with Crippen LogP contribution in [0.3, 0.4) is 0 Å². The molecule has 0 saturated carbocycles. The molecule has 0 N–H and O–H groups in total. The first kappa shape index (κ1) is 26.0. The van der Waals surface area contributed by atoms with Gasteiger partial charge in [0.2, 0.25) is 0 Å². The van der Waals surface area contributed by atoms with Crippen LogP contribution in [-0.2, 0) is 0 Å². The average Bonchev–Trinajstić information content (AvgIpc) is 3.45. The van der Waals surface area contributed by atoms with Crippen LogP contribution in [-0.4, -0.2) is 14.5 Å². The Morgan fingerprint density at radius 2 is 1.00 bits per heavy atom. The van der Waals surface area contributed by atoms with Crippen molar-refractivity contribution in [1.82, 2.24) is 14.5 Å². The fourth-order valence-corrected chi connectivity index (χ4v) is 7.42. The summed E-state index contributed by atoms with van der Waals surface area (Å²) in [5.41, 5.74) is 7.54. The van der Waals surface area contributed by atoms with Crippen molar-refractivity contribution in [2.45, 2.75) is 0 Å². The van der Waals surface area contributed by atoms with E-state index < -0.39 is 0 Å². The number of aromatic nitrogens is 3. The molecule has 0 aliphatic carbocycles. The van der Waals surface area contributed by atoms with Crippen molar-refractivity contribution < 1.29 is 0 Å². The van der Waals surface area contributed by atoms with Crippen molar-refractivity contribution in [3.8, 4) is 28.3 Å². The molecule has 3 heteroatoms. The van der Waals surface area contributed by atoms with Gasteiger partial charge < -0.3 is 4.57 Å². The first-order chi connectivity index (χ1) is 23.3. The Hall–Kier alpha value is -6.32. The lowest BCUT2D eigenvalue weighted by Gasteiger charge is -2.16. The molecule has 0 radical (unpaired) electrons. The topological polar surface area (TPSA) is 30.7 Å². The van der Waals surface area contributed by atoms with E-state index in [9.17, 15) is 0 Å². The molecule has 47 heavy (non-hydrogen) atoms. The highest BCUT2D eigenvalue weighted by Gasteiger charge is 2.19. The Bertz CT molecular complexity index is 2860. The fraction of sp³-hybridized carbons (Fsp3) is 0. The van der Waals surface area contributed by atoms with Gasteiger partial charge in [0.05, 0.1) is 27.9 Å². The Labute approximate surface area is 271 Å². The van der Waals surface area contributed by atoms with Crippen molar-refractivity contribution in [1.29, 1.82) is 0 Å². The second-order valence-electron chi connectivity index (χ2n) is 12.2. The molecule has 0 amide bonds. The predicted molar refractivity (Wildman–Crippen MR) is 197 cm³/mol. The number of benzene rings is 8. The van der Waals surface area contributed by atoms with Crippen LogP contribution in [0.2, 0.25) is 0 Å². The Kier molecular flexibility index (Phi) is 5.57. The van der Waals surface area contributed by atoms with Gasteiger partial charge in [0.15, 0.2) is 5.82 Å². The molecule has 0 unspecified atom stereocenters. The summed E-state index contributed by atoms with van der Waals surface area (Å²) in [5.74, 6) is 0.725. The zero-order valence-corrected chi connectivity index (χ0v) is 25.4. The van der Waals surface area contributed by atoms with Crippen molar-refractivity contribution >= 4 is 65.0 Å². The highest BCUT2D eigenvalue weighted by atomic mass is 15.0. The van der Waals surface area contributed by atoms with Gasteiger partial charge in [0.1, 0.15) is 0 Å². The Balaban J connectivity index is 1.25. The van der Waals surface area contributed by atoms with Crippen LogP contribution in [0, 0.1) is 0 Å². The van der Waals surface area contributed by atoms with E-state index in [1.807, 2.05) is 0 Å². The molecular weight excluding hydrogens is 571 g/mol. The smallest absolute Gasteiger partial charge is 0.161 e. The van der Waals surface area contributed by atoms with Crippen LogP contribution in [0.25, 0.3) is 93.4 Å². The number of nitrogens with zero attached hydrogens (tertiary/aromatic N) is 3. The Morgan fingerprint density at radius 1 is 0.362 bits per heavy atom. The van der Waals surface area contributed by atoms with Crippen LogP contribution in [0.15, 0.2) is 164 Å². The van der Waals surface area contributed by atoms with Crippen molar-refractivity contribution in [3.05, 3.63) is 164 Å². The van der Waals surface area contributed by atoms with Gasteiger partial charge in [-0.1, -0.05) is 127 Å². The molecule has 3 nitrogen and oxygen atoms in total. The molecule has 0 atom stereocenters. The molecule has 218 valence electrons. The van der Waals surface area contributed by atoms with Crippen LogP contribution in [0.5, 0.6) is 0 Å². The van der Waals surface area contributed by atoms with Crippen LogP contribution in [0.1, 0.15) is 0 Å². The molecule has 2 aromatic heterocycles. The van der Waals surface area contributed by atoms with Crippen LogP contribution >= 0.6 is 0 Å². The van der Waals surface area contributed by atoms with E-state index in [-0.39, 0.29) is 0 Å². The molecule has 10 aromatic rings. The molecule has 0 aliphatic rings. The van der Waals surface area contributed by atoms with E-state index in [1.54, 1.807) is 0 Å². The maximum atomic E-state index is 5.35. The van der Waals surface area contributed by atoms with Gasteiger partial charge in [0.25, 0.3) is 0 Å². The second kappa shape index (κ2) is 10.1. The first-order valence-corrected chi connectivity index (χ1v) is 16.0. The number of rotatable bonds is 3. The molecule has 8 aromatic carbocycles. The van der Waals surface area contributed by atoms with Crippen molar-refractivity contribution in [2.75, 3.05) is 0 Å². The molecule has 0 aliphatic heterocycles. The Morgan fingerprint density at radius 3 is 1.85 bits per heavy atom. The maximum Gasteiger partial charge on any atom is 0.161 e. The quantitative estimate of drug-likeness (QED) is 0.203. The lowest BCUT2D eigenvalue weighted by atomic mass is 9.98. The molecule has 0 bridgehead atoms. The molecule has 10 rings (SSSR count). The monoisotopic (exact) mass is 597 g/mol. The summed E-state index contributed by atoms with van der Waals surface area (Å²) < 4.78 is 2.42. The minimum Gasteiger partial charge on any atom is -0.309 e. The van der Waals surface area contributed by atoms with Gasteiger partial charge in [0, 0.05) is 32.7 Å². The summed E-state index contributed by atoms with van der Waals surface area (Å²) in [6, 6.07) is 58.4. The van der Waals surface area contributed by atoms with E-state index in [4.69, 9.17) is 9.97 Å². The second-order valence-corrected chi connectivity index (χ2v) is 12.2. The molecular formula is C44H27N3. The minimum absolute atomic E-state index is 0.725. The molecule has 2 heterocycles. The maximum absolute atomic E-state index is 5.35. The summed E-state index contributed by atoms with van der Waals surface area (Å²) in [5, 5.41) is 10.7. The summed E-state index contributed by atoms with van der Waals surface area (Å²) >= 11 is 0. The van der Waals surface area contributed by atoms with E-state index in [2.05, 4.69) is 168 Å². The summed E-state index contributed by atoms with van der Waals surface area (Å²) in [7, 11) is 0. The third-order valence-electron chi connectivity index (χ3n) is 9.57. The fourth-order valence-electron chi connectivity index (χ4n) is 7.42. The van der Waals surface area contributed by atoms with Crippen molar-refractivity contribution in [3.63, 3.8) is 0 Å². The largest absolute Gasteiger partial charge is 0.309 e. The van der Waals surface area contributed by atoms with E-state index in [1.165, 1.54) is 43.4 Å². The average molecular weight is 598 g/mol. The highest BCUT2D eigenvalue weighted by molar-refractivity contribution is 6.15. The van der Waals surface area contributed by atoms with Gasteiger partial charge in [-0.25, -0.2) is 9.97 Å². The van der Waals surface area contributed by atoms with E-state index in [0.29, 0.717) is 0 Å². The number of para-hydroxylation sites is 2. The number of fused-ring (bicyclic) bond motifs is 7. The third kappa shape index (κ3) is 3.93. The molecule has 0 fully saturated rings. The lowest BCUT2D eigenvalue weighted by molar-refractivity contribution is 1.19. The summed E-state index contributed by atoms with van der Waals surface area (Å²) in [4.78, 5) is 10.5. The van der Waals surface area contributed by atoms with Crippen LogP contribution in [0.4, 0.5) is 0 Å². The van der Waals surface area contributed by atoms with Crippen molar-refractivity contribution in [2.24, 2.45) is 0 Å². The molecule has 0 spiro atoms. The first-order valence-electron chi connectivity index (χ1n) is 16.0. The zero-order valence-electron chi connectivity index (χ0n) is 25.4. The standard InChI is InChI=1S/C44H27N3/c1-2-14-30-27-42-38(26-29(30)13-1)34-19-8-10-23-40(34)47(42)41-25-24-36(32-17-5-6-18-33(32)41)44-45-39-22-9-7-20-37(39)43(46-44)35-21-11-15-28-12-3-4-16-31(28)35/h1-27H. The van der Waals surface area contributed by atoms with E-state index >= 15 is 0 Å². The lowest BCUT2D eigenvalue weighted by Crippen LogP contribution is -1.99. The SMILES string of the molecule is c1ccc2cc3c(cc2c1)c1ccccc1n3-c1ccc(-c2nc(-c3cccc4ccccc34)c3ccccc3n2)c2ccccc12. The predicted octanol–water partition coefficient (Wildman–Crippen LogP) is 11.5. The van der Waals surface area contributed by atoms with Gasteiger partial charge in [-0.05, 0) is 63.3 Å². The van der Waals surface area contributed by atoms with Gasteiger partial charge >= 0.3 is 0 Å². The zero-order chi connectivity index (χ0) is 30.9. The molecule has 0 saturated heterocycles. The minimum atomic E-state index is 0.725. The highest BCUT2D eigenvalue weighted by Crippen LogP contribution is 2.40. The van der Waals surface area contributed by atoms with Gasteiger partial charge in [-0.3, -0.25) is 0 Å². The van der Waals surface area contributed by atoms with Gasteiger partial charge in [-0.15, -0.1) is 0 Å². The number of hydrogen-bond acceptors (Lipinski definition) is 2. The normalized spacial score (nSPS) is 11.8. The van der Waals surface area contributed by atoms with Gasteiger partial charge in [-0.2, -0.15) is 0 Å².